The largest absolute Gasteiger partial charge is 0.394 e. The van der Waals surface area contributed by atoms with Crippen molar-refractivity contribution >= 4 is 0 Å². The number of nitrogens with one attached hydrogen (secondary N) is 1. The van der Waals surface area contributed by atoms with Gasteiger partial charge in [-0.25, -0.2) is 0 Å². The first-order chi connectivity index (χ1) is 10.1. The summed E-state index contributed by atoms with van der Waals surface area (Å²) in [5, 5.41) is 12.4. The number of aliphatic hydroxyl groups excluding tert-OH is 1. The normalized spacial score (nSPS) is 31.4. The van der Waals surface area contributed by atoms with Gasteiger partial charge in [-0.1, -0.05) is 20.3 Å². The van der Waals surface area contributed by atoms with Crippen LogP contribution in [0.25, 0.3) is 0 Å². The number of piperidine rings is 1. The lowest BCUT2D eigenvalue weighted by Gasteiger charge is -2.46. The Balaban J connectivity index is 1.79. The lowest BCUT2D eigenvalue weighted by atomic mass is 9.67. The van der Waals surface area contributed by atoms with Crippen LogP contribution in [0.1, 0.15) is 46.0 Å². The topological polar surface area (TPSA) is 44.7 Å². The molecule has 2 fully saturated rings. The number of hydrogen-bond donors (Lipinski definition) is 2. The first-order valence-corrected chi connectivity index (χ1v) is 8.69. The maximum absolute atomic E-state index is 8.83. The van der Waals surface area contributed by atoms with Crippen molar-refractivity contribution < 1.29 is 9.84 Å². The summed E-state index contributed by atoms with van der Waals surface area (Å²) in [7, 11) is 2.12. The molecule has 0 spiro atoms. The van der Waals surface area contributed by atoms with Gasteiger partial charge in [0.2, 0.25) is 0 Å². The van der Waals surface area contributed by atoms with E-state index < -0.39 is 0 Å². The first-order valence-electron chi connectivity index (χ1n) is 8.69. The van der Waals surface area contributed by atoms with Gasteiger partial charge in [-0.2, -0.15) is 0 Å². The number of rotatable bonds is 6. The fourth-order valence-electron chi connectivity index (χ4n) is 4.41. The molecule has 2 N–H and O–H groups in total. The highest BCUT2D eigenvalue weighted by atomic mass is 16.5. The number of likely N-dealkylation sites (tertiary alicyclic amines) is 1. The Morgan fingerprint density at radius 3 is 2.57 bits per heavy atom. The van der Waals surface area contributed by atoms with Gasteiger partial charge in [-0.15, -0.1) is 0 Å². The van der Waals surface area contributed by atoms with Gasteiger partial charge in [0.1, 0.15) is 0 Å². The van der Waals surface area contributed by atoms with Crippen LogP contribution in [0.4, 0.5) is 0 Å². The summed E-state index contributed by atoms with van der Waals surface area (Å²) >= 11 is 0. The molecule has 0 aromatic carbocycles. The predicted octanol–water partition coefficient (Wildman–Crippen LogP) is 1.87. The molecule has 0 amide bonds. The molecular weight excluding hydrogens is 264 g/mol. The van der Waals surface area contributed by atoms with Crippen molar-refractivity contribution in [3.05, 3.63) is 0 Å². The average molecular weight is 298 g/mol. The molecule has 1 aliphatic heterocycles. The Bertz CT molecular complexity index is 301. The zero-order valence-corrected chi connectivity index (χ0v) is 14.1. The molecule has 4 heteroatoms. The molecule has 0 bridgehead atoms. The summed E-state index contributed by atoms with van der Waals surface area (Å²) in [6.45, 7) is 8.96. The Labute approximate surface area is 130 Å². The minimum atomic E-state index is 0.140. The zero-order valence-electron chi connectivity index (χ0n) is 14.1. The highest BCUT2D eigenvalue weighted by molar-refractivity contribution is 4.94. The summed E-state index contributed by atoms with van der Waals surface area (Å²) in [6, 6.07) is 0.634. The van der Waals surface area contributed by atoms with E-state index in [1.807, 2.05) is 0 Å². The number of hydrogen-bond acceptors (Lipinski definition) is 4. The average Bonchev–Trinajstić information content (AvgIpc) is 2.46. The van der Waals surface area contributed by atoms with E-state index in [0.717, 1.165) is 31.8 Å². The highest BCUT2D eigenvalue weighted by Gasteiger charge is 2.38. The molecule has 0 aromatic heterocycles. The van der Waals surface area contributed by atoms with Gasteiger partial charge in [0.25, 0.3) is 0 Å². The van der Waals surface area contributed by atoms with Crippen LogP contribution in [0, 0.1) is 11.3 Å². The molecular formula is C17H34N2O2. The van der Waals surface area contributed by atoms with E-state index >= 15 is 0 Å². The Morgan fingerprint density at radius 1 is 1.24 bits per heavy atom. The molecule has 21 heavy (non-hydrogen) atoms. The van der Waals surface area contributed by atoms with Crippen molar-refractivity contribution in [2.24, 2.45) is 11.3 Å². The molecule has 1 aliphatic carbocycles. The Morgan fingerprint density at radius 2 is 1.95 bits per heavy atom. The van der Waals surface area contributed by atoms with Crippen molar-refractivity contribution in [2.45, 2.75) is 58.1 Å². The van der Waals surface area contributed by atoms with Crippen molar-refractivity contribution in [3.63, 3.8) is 0 Å². The first kappa shape index (κ1) is 17.2. The molecule has 2 unspecified atom stereocenters. The van der Waals surface area contributed by atoms with Crippen LogP contribution in [0.5, 0.6) is 0 Å². The third-order valence-electron chi connectivity index (χ3n) is 5.49. The minimum Gasteiger partial charge on any atom is -0.394 e. The van der Waals surface area contributed by atoms with Crippen LogP contribution < -0.4 is 5.32 Å². The van der Waals surface area contributed by atoms with Gasteiger partial charge < -0.3 is 20.1 Å². The van der Waals surface area contributed by atoms with Crippen LogP contribution in [0.15, 0.2) is 0 Å². The Kier molecular flexibility index (Phi) is 6.48. The Hall–Kier alpha value is -0.160. The van der Waals surface area contributed by atoms with E-state index in [0.29, 0.717) is 24.2 Å². The SMILES string of the molecule is CNC1C(CN2CCC(OCCO)CC2)CCCC1(C)C. The lowest BCUT2D eigenvalue weighted by Crippen LogP contribution is -2.52. The number of nitrogens with zero attached hydrogens (tertiary/aromatic N) is 1. The van der Waals surface area contributed by atoms with E-state index in [1.54, 1.807) is 0 Å². The molecule has 0 aromatic rings. The molecule has 1 saturated heterocycles. The summed E-state index contributed by atoms with van der Waals surface area (Å²) in [5.41, 5.74) is 0.417. The predicted molar refractivity (Wildman–Crippen MR) is 86.5 cm³/mol. The van der Waals surface area contributed by atoms with Crippen molar-refractivity contribution in [3.8, 4) is 0 Å². The second-order valence-electron chi connectivity index (χ2n) is 7.50. The van der Waals surface area contributed by atoms with Crippen LogP contribution in [0.3, 0.4) is 0 Å². The smallest absolute Gasteiger partial charge is 0.0701 e. The summed E-state index contributed by atoms with van der Waals surface area (Å²) in [4.78, 5) is 2.62. The van der Waals surface area contributed by atoms with Crippen LogP contribution in [-0.4, -0.2) is 62.0 Å². The minimum absolute atomic E-state index is 0.140. The highest BCUT2D eigenvalue weighted by Crippen LogP contribution is 2.39. The second-order valence-corrected chi connectivity index (χ2v) is 7.50. The van der Waals surface area contributed by atoms with Gasteiger partial charge >= 0.3 is 0 Å². The third-order valence-corrected chi connectivity index (χ3v) is 5.49. The third kappa shape index (κ3) is 4.65. The van der Waals surface area contributed by atoms with Gasteiger partial charge in [0, 0.05) is 25.7 Å². The molecule has 124 valence electrons. The van der Waals surface area contributed by atoms with Gasteiger partial charge in [0.05, 0.1) is 19.3 Å². The van der Waals surface area contributed by atoms with Crippen LogP contribution in [-0.2, 0) is 4.74 Å². The zero-order chi connectivity index (χ0) is 15.3. The fraction of sp³-hybridized carbons (Fsp3) is 1.00. The number of aliphatic hydroxyl groups is 1. The second kappa shape index (κ2) is 7.91. The number of ether oxygens (including phenoxy) is 1. The van der Waals surface area contributed by atoms with Gasteiger partial charge in [-0.3, -0.25) is 0 Å². The molecule has 0 radical (unpaired) electrons. The molecule has 2 rings (SSSR count). The molecule has 2 atom stereocenters. The summed E-state index contributed by atoms with van der Waals surface area (Å²) < 4.78 is 5.66. The van der Waals surface area contributed by atoms with E-state index in [4.69, 9.17) is 9.84 Å². The molecule has 1 saturated carbocycles. The van der Waals surface area contributed by atoms with E-state index in [-0.39, 0.29) is 6.61 Å². The maximum atomic E-state index is 8.83. The van der Waals surface area contributed by atoms with E-state index in [2.05, 4.69) is 31.1 Å². The van der Waals surface area contributed by atoms with E-state index in [9.17, 15) is 0 Å². The molecule has 1 heterocycles. The van der Waals surface area contributed by atoms with Crippen LogP contribution >= 0.6 is 0 Å². The van der Waals surface area contributed by atoms with Gasteiger partial charge in [0.15, 0.2) is 0 Å². The fourth-order valence-corrected chi connectivity index (χ4v) is 4.41. The van der Waals surface area contributed by atoms with Crippen LogP contribution in [0.2, 0.25) is 0 Å². The monoisotopic (exact) mass is 298 g/mol. The quantitative estimate of drug-likeness (QED) is 0.786. The molecule has 2 aliphatic rings. The van der Waals surface area contributed by atoms with E-state index in [1.165, 1.54) is 25.8 Å². The van der Waals surface area contributed by atoms with Crippen molar-refractivity contribution in [1.82, 2.24) is 10.2 Å². The van der Waals surface area contributed by atoms with Crippen molar-refractivity contribution in [1.29, 1.82) is 0 Å². The van der Waals surface area contributed by atoms with Gasteiger partial charge in [-0.05, 0) is 44.1 Å². The summed E-state index contributed by atoms with van der Waals surface area (Å²) in [5.74, 6) is 0.772. The lowest BCUT2D eigenvalue weighted by molar-refractivity contribution is -0.0148. The summed E-state index contributed by atoms with van der Waals surface area (Å²) in [6.07, 6.45) is 6.64. The van der Waals surface area contributed by atoms with Crippen molar-refractivity contribution in [2.75, 3.05) is 39.9 Å². The maximum Gasteiger partial charge on any atom is 0.0701 e. The standard InChI is InChI=1S/C17H34N2O2/c1-17(2)8-4-5-14(16(17)18-3)13-19-9-6-15(7-10-19)21-12-11-20/h14-16,18,20H,4-13H2,1-3H3. The molecule has 4 nitrogen and oxygen atoms in total.